The fourth-order valence-electron chi connectivity index (χ4n) is 2.87. The third-order valence-corrected chi connectivity index (χ3v) is 4.21. The highest BCUT2D eigenvalue weighted by Gasteiger charge is 2.27. The fourth-order valence-corrected chi connectivity index (χ4v) is 2.87. The molecule has 2 N–H and O–H groups in total. The number of carbonyl (C=O) groups excluding carboxylic acids is 1. The van der Waals surface area contributed by atoms with E-state index in [4.69, 9.17) is 4.74 Å². The summed E-state index contributed by atoms with van der Waals surface area (Å²) in [4.78, 5) is 14.5. The Morgan fingerprint density at radius 3 is 3.00 bits per heavy atom. The topological polar surface area (TPSA) is 70.2 Å². The molecule has 1 aromatic rings. The highest BCUT2D eigenvalue weighted by Crippen LogP contribution is 2.16. The van der Waals surface area contributed by atoms with Gasteiger partial charge in [0.2, 0.25) is 5.91 Å². The lowest BCUT2D eigenvalue weighted by molar-refractivity contribution is -0.124. The Morgan fingerprint density at radius 1 is 1.52 bits per heavy atom. The second-order valence-corrected chi connectivity index (χ2v) is 5.73. The molecule has 1 fully saturated rings. The Hall–Kier alpha value is -1.40. The number of methoxy groups -OCH3 is 1. The summed E-state index contributed by atoms with van der Waals surface area (Å²) in [5, 5.41) is 10.2. The number of aromatic nitrogens is 2. The highest BCUT2D eigenvalue weighted by molar-refractivity contribution is 5.79. The van der Waals surface area contributed by atoms with Gasteiger partial charge in [-0.1, -0.05) is 0 Å². The number of amides is 1. The van der Waals surface area contributed by atoms with Crippen molar-refractivity contribution in [2.75, 3.05) is 39.9 Å². The number of likely N-dealkylation sites (tertiary alicyclic amines) is 1. The zero-order valence-corrected chi connectivity index (χ0v) is 13.2. The summed E-state index contributed by atoms with van der Waals surface area (Å²) in [5.41, 5.74) is 3.32. The smallest absolute Gasteiger partial charge is 0.224 e. The molecule has 0 spiro atoms. The number of nitrogens with zero attached hydrogens (tertiary/aromatic N) is 2. The number of hydrogen-bond acceptors (Lipinski definition) is 4. The van der Waals surface area contributed by atoms with Gasteiger partial charge in [-0.15, -0.1) is 0 Å². The van der Waals surface area contributed by atoms with E-state index in [-0.39, 0.29) is 11.8 Å². The third-order valence-electron chi connectivity index (χ3n) is 4.21. The Morgan fingerprint density at radius 2 is 2.33 bits per heavy atom. The maximum absolute atomic E-state index is 12.2. The van der Waals surface area contributed by atoms with Crippen LogP contribution < -0.4 is 5.32 Å². The van der Waals surface area contributed by atoms with Gasteiger partial charge in [0.25, 0.3) is 0 Å². The molecule has 2 heterocycles. The van der Waals surface area contributed by atoms with E-state index in [9.17, 15) is 4.79 Å². The average molecular weight is 294 g/mol. The van der Waals surface area contributed by atoms with Crippen molar-refractivity contribution in [1.82, 2.24) is 20.4 Å². The van der Waals surface area contributed by atoms with Crippen LogP contribution in [-0.4, -0.2) is 60.9 Å². The minimum Gasteiger partial charge on any atom is -0.383 e. The van der Waals surface area contributed by atoms with Gasteiger partial charge in [0.1, 0.15) is 0 Å². The van der Waals surface area contributed by atoms with Crippen molar-refractivity contribution >= 4 is 5.91 Å². The molecule has 0 bridgehead atoms. The van der Waals surface area contributed by atoms with E-state index >= 15 is 0 Å². The second kappa shape index (κ2) is 7.56. The van der Waals surface area contributed by atoms with Crippen molar-refractivity contribution in [3.05, 3.63) is 17.0 Å². The van der Waals surface area contributed by atoms with Crippen LogP contribution >= 0.6 is 0 Å². The summed E-state index contributed by atoms with van der Waals surface area (Å²) in [6, 6.07) is 0. The van der Waals surface area contributed by atoms with Gasteiger partial charge >= 0.3 is 0 Å². The molecule has 1 atom stereocenters. The van der Waals surface area contributed by atoms with Crippen LogP contribution in [0.3, 0.4) is 0 Å². The summed E-state index contributed by atoms with van der Waals surface area (Å²) < 4.78 is 5.08. The van der Waals surface area contributed by atoms with Crippen molar-refractivity contribution in [3.8, 4) is 0 Å². The number of rotatable bonds is 7. The largest absolute Gasteiger partial charge is 0.383 e. The summed E-state index contributed by atoms with van der Waals surface area (Å²) in [7, 11) is 1.71. The summed E-state index contributed by atoms with van der Waals surface area (Å²) in [6.07, 6.45) is 1.78. The molecule has 2 rings (SSSR count). The van der Waals surface area contributed by atoms with Crippen LogP contribution in [-0.2, 0) is 16.0 Å². The molecule has 1 amide bonds. The SMILES string of the molecule is COCCN1CCC(C(=O)NCCc2c(C)n[nH]c2C)C1. The van der Waals surface area contributed by atoms with Crippen LogP contribution in [0.15, 0.2) is 0 Å². The van der Waals surface area contributed by atoms with Crippen LogP contribution in [0.2, 0.25) is 0 Å². The zero-order chi connectivity index (χ0) is 15.2. The van der Waals surface area contributed by atoms with E-state index < -0.39 is 0 Å². The van der Waals surface area contributed by atoms with Gasteiger partial charge in [-0.25, -0.2) is 0 Å². The summed E-state index contributed by atoms with van der Waals surface area (Å²) in [5.74, 6) is 0.294. The van der Waals surface area contributed by atoms with Crippen molar-refractivity contribution in [3.63, 3.8) is 0 Å². The number of hydrogen-bond donors (Lipinski definition) is 2. The quantitative estimate of drug-likeness (QED) is 0.775. The molecule has 1 unspecified atom stereocenters. The monoisotopic (exact) mass is 294 g/mol. The number of H-pyrrole nitrogens is 1. The van der Waals surface area contributed by atoms with E-state index in [0.717, 1.165) is 50.5 Å². The van der Waals surface area contributed by atoms with E-state index in [0.29, 0.717) is 6.54 Å². The molecule has 1 aliphatic rings. The van der Waals surface area contributed by atoms with Gasteiger partial charge in [-0.05, 0) is 38.8 Å². The van der Waals surface area contributed by atoms with Crippen molar-refractivity contribution < 1.29 is 9.53 Å². The fraction of sp³-hybridized carbons (Fsp3) is 0.733. The van der Waals surface area contributed by atoms with Gasteiger partial charge in [0, 0.05) is 32.4 Å². The lowest BCUT2D eigenvalue weighted by Gasteiger charge is -2.15. The lowest BCUT2D eigenvalue weighted by Crippen LogP contribution is -2.34. The maximum Gasteiger partial charge on any atom is 0.224 e. The van der Waals surface area contributed by atoms with E-state index in [2.05, 4.69) is 20.4 Å². The molecular formula is C15H26N4O2. The second-order valence-electron chi connectivity index (χ2n) is 5.73. The molecular weight excluding hydrogens is 268 g/mol. The van der Waals surface area contributed by atoms with Gasteiger partial charge in [-0.2, -0.15) is 5.10 Å². The zero-order valence-electron chi connectivity index (χ0n) is 13.2. The molecule has 0 aliphatic carbocycles. The normalized spacial score (nSPS) is 19.1. The van der Waals surface area contributed by atoms with Gasteiger partial charge in [0.05, 0.1) is 18.2 Å². The van der Waals surface area contributed by atoms with E-state index in [1.807, 2.05) is 13.8 Å². The molecule has 6 heteroatoms. The van der Waals surface area contributed by atoms with Crippen LogP contribution in [0.4, 0.5) is 0 Å². The van der Waals surface area contributed by atoms with Gasteiger partial charge < -0.3 is 15.0 Å². The average Bonchev–Trinajstić information content (AvgIpc) is 3.06. The Bertz CT molecular complexity index is 453. The molecule has 0 saturated carbocycles. The van der Waals surface area contributed by atoms with Crippen molar-refractivity contribution in [1.29, 1.82) is 0 Å². The summed E-state index contributed by atoms with van der Waals surface area (Å²) in [6.45, 7) is 8.16. The molecule has 1 saturated heterocycles. The summed E-state index contributed by atoms with van der Waals surface area (Å²) >= 11 is 0. The molecule has 6 nitrogen and oxygen atoms in total. The predicted octanol–water partition coefficient (Wildman–Crippen LogP) is 0.654. The number of nitrogens with one attached hydrogen (secondary N) is 2. The third kappa shape index (κ3) is 4.28. The Balaban J connectivity index is 1.71. The van der Waals surface area contributed by atoms with Crippen molar-refractivity contribution in [2.45, 2.75) is 26.7 Å². The van der Waals surface area contributed by atoms with Crippen LogP contribution in [0, 0.1) is 19.8 Å². The first-order chi connectivity index (χ1) is 10.1. The molecule has 118 valence electrons. The Kier molecular flexibility index (Phi) is 5.76. The molecule has 1 aromatic heterocycles. The van der Waals surface area contributed by atoms with Crippen LogP contribution in [0.5, 0.6) is 0 Å². The molecule has 0 aromatic carbocycles. The number of carbonyl (C=O) groups is 1. The number of ether oxygens (including phenoxy) is 1. The highest BCUT2D eigenvalue weighted by atomic mass is 16.5. The number of aromatic amines is 1. The minimum absolute atomic E-state index is 0.119. The number of aryl methyl sites for hydroxylation is 2. The lowest BCUT2D eigenvalue weighted by atomic mass is 10.1. The van der Waals surface area contributed by atoms with Gasteiger partial charge in [0.15, 0.2) is 0 Å². The Labute approximate surface area is 126 Å². The molecule has 1 aliphatic heterocycles. The first-order valence-corrected chi connectivity index (χ1v) is 7.61. The van der Waals surface area contributed by atoms with Gasteiger partial charge in [-0.3, -0.25) is 9.89 Å². The standard InChI is InChI=1S/C15H26N4O2/c1-11-14(12(2)18-17-11)4-6-16-15(20)13-5-7-19(10-13)8-9-21-3/h13H,4-10H2,1-3H3,(H,16,20)(H,17,18). The van der Waals surface area contributed by atoms with Crippen LogP contribution in [0.1, 0.15) is 23.4 Å². The van der Waals surface area contributed by atoms with E-state index in [1.54, 1.807) is 7.11 Å². The molecule has 0 radical (unpaired) electrons. The first-order valence-electron chi connectivity index (χ1n) is 7.61. The molecule has 21 heavy (non-hydrogen) atoms. The first kappa shape index (κ1) is 16.0. The minimum atomic E-state index is 0.119. The predicted molar refractivity (Wildman–Crippen MR) is 81.2 cm³/mol. The van der Waals surface area contributed by atoms with E-state index in [1.165, 1.54) is 5.56 Å². The van der Waals surface area contributed by atoms with Crippen LogP contribution in [0.25, 0.3) is 0 Å². The maximum atomic E-state index is 12.2. The van der Waals surface area contributed by atoms with Crippen molar-refractivity contribution in [2.24, 2.45) is 5.92 Å².